The molecule has 1 fully saturated rings. The van der Waals surface area contributed by atoms with Crippen molar-refractivity contribution in [1.29, 1.82) is 0 Å². The molecular formula is C17H20F3N3OS. The monoisotopic (exact) mass is 371 g/mol. The van der Waals surface area contributed by atoms with Crippen molar-refractivity contribution in [3.05, 3.63) is 23.8 Å². The smallest absolute Gasteiger partial charge is 0.353 e. The van der Waals surface area contributed by atoms with E-state index in [2.05, 4.69) is 17.2 Å². The molecule has 0 unspecified atom stereocenters. The van der Waals surface area contributed by atoms with Gasteiger partial charge in [0.25, 0.3) is 0 Å². The van der Waals surface area contributed by atoms with Gasteiger partial charge in [-0.25, -0.2) is 4.98 Å². The molecule has 0 spiro atoms. The Labute approximate surface area is 148 Å². The average Bonchev–Trinajstić information content (AvgIpc) is 3.29. The van der Waals surface area contributed by atoms with E-state index in [4.69, 9.17) is 0 Å². The number of hydrogen-bond acceptors (Lipinski definition) is 3. The number of alkyl halides is 3. The molecule has 0 aliphatic heterocycles. The van der Waals surface area contributed by atoms with Crippen molar-refractivity contribution >= 4 is 28.7 Å². The Morgan fingerprint density at radius 2 is 2.16 bits per heavy atom. The second kappa shape index (κ2) is 7.27. The standard InChI is InChI=1S/C17H20F3N3OS/c1-2-3-8-23-14-7-4-11(17(18,19)20)9-13(14)22-16(23)25-10-15(24)21-12-5-6-12/h4,7,9,12H,2-3,5-6,8,10H2,1H3,(H,21,24). The lowest BCUT2D eigenvalue weighted by atomic mass is 10.2. The molecule has 1 aliphatic carbocycles. The number of amides is 1. The number of rotatable bonds is 7. The number of benzene rings is 1. The summed E-state index contributed by atoms with van der Waals surface area (Å²) in [6.45, 7) is 2.72. The number of imidazole rings is 1. The molecule has 4 nitrogen and oxygen atoms in total. The van der Waals surface area contributed by atoms with Crippen LogP contribution < -0.4 is 5.32 Å². The van der Waals surface area contributed by atoms with Crippen LogP contribution in [0, 0.1) is 0 Å². The van der Waals surface area contributed by atoms with Gasteiger partial charge in [0.05, 0.1) is 22.3 Å². The summed E-state index contributed by atoms with van der Waals surface area (Å²) in [5, 5.41) is 3.50. The molecule has 1 heterocycles. The minimum absolute atomic E-state index is 0.0578. The largest absolute Gasteiger partial charge is 0.416 e. The van der Waals surface area contributed by atoms with Crippen LogP contribution >= 0.6 is 11.8 Å². The summed E-state index contributed by atoms with van der Waals surface area (Å²) < 4.78 is 40.7. The van der Waals surface area contributed by atoms with Crippen LogP contribution in [0.2, 0.25) is 0 Å². The average molecular weight is 371 g/mol. The molecule has 0 radical (unpaired) electrons. The lowest BCUT2D eigenvalue weighted by Gasteiger charge is -2.09. The molecule has 3 rings (SSSR count). The van der Waals surface area contributed by atoms with Gasteiger partial charge in [0.2, 0.25) is 5.91 Å². The van der Waals surface area contributed by atoms with Gasteiger partial charge >= 0.3 is 6.18 Å². The fourth-order valence-electron chi connectivity index (χ4n) is 2.55. The highest BCUT2D eigenvalue weighted by atomic mass is 32.2. The number of fused-ring (bicyclic) bond motifs is 1. The molecule has 0 bridgehead atoms. The molecule has 136 valence electrons. The molecule has 1 aromatic carbocycles. The van der Waals surface area contributed by atoms with Crippen LogP contribution in [0.3, 0.4) is 0 Å². The van der Waals surface area contributed by atoms with Gasteiger partial charge in [-0.05, 0) is 37.5 Å². The van der Waals surface area contributed by atoms with Gasteiger partial charge < -0.3 is 9.88 Å². The van der Waals surface area contributed by atoms with Gasteiger partial charge in [-0.1, -0.05) is 25.1 Å². The highest BCUT2D eigenvalue weighted by molar-refractivity contribution is 7.99. The summed E-state index contributed by atoms with van der Waals surface area (Å²) in [5.41, 5.74) is 0.283. The highest BCUT2D eigenvalue weighted by Crippen LogP contribution is 2.33. The van der Waals surface area contributed by atoms with Crippen molar-refractivity contribution in [1.82, 2.24) is 14.9 Å². The first-order valence-electron chi connectivity index (χ1n) is 8.38. The quantitative estimate of drug-likeness (QED) is 0.741. The maximum absolute atomic E-state index is 12.9. The van der Waals surface area contributed by atoms with Gasteiger partial charge in [-0.15, -0.1) is 0 Å². The normalized spacial score (nSPS) is 14.9. The number of carbonyl (C=O) groups excluding carboxylic acids is 1. The van der Waals surface area contributed by atoms with Crippen LogP contribution in [0.4, 0.5) is 13.2 Å². The SMILES string of the molecule is CCCCn1c(SCC(=O)NC2CC2)nc2cc(C(F)(F)F)ccc21. The van der Waals surface area contributed by atoms with E-state index in [1.807, 2.05) is 4.57 Å². The molecule has 1 aliphatic rings. The summed E-state index contributed by atoms with van der Waals surface area (Å²) >= 11 is 1.27. The molecule has 0 saturated heterocycles. The van der Waals surface area contributed by atoms with E-state index in [1.54, 1.807) is 0 Å². The van der Waals surface area contributed by atoms with Crippen molar-refractivity contribution in [3.63, 3.8) is 0 Å². The first-order valence-corrected chi connectivity index (χ1v) is 9.36. The Kier molecular flexibility index (Phi) is 5.27. The topological polar surface area (TPSA) is 46.9 Å². The van der Waals surface area contributed by atoms with E-state index in [0.29, 0.717) is 28.8 Å². The third kappa shape index (κ3) is 4.48. The van der Waals surface area contributed by atoms with Gasteiger partial charge in [0, 0.05) is 12.6 Å². The maximum Gasteiger partial charge on any atom is 0.416 e. The number of aryl methyl sites for hydroxylation is 1. The van der Waals surface area contributed by atoms with E-state index in [9.17, 15) is 18.0 Å². The van der Waals surface area contributed by atoms with Gasteiger partial charge in [0.15, 0.2) is 5.16 Å². The third-order valence-electron chi connectivity index (χ3n) is 4.05. The summed E-state index contributed by atoms with van der Waals surface area (Å²) in [4.78, 5) is 16.2. The Hall–Kier alpha value is -1.70. The molecule has 1 aromatic heterocycles. The van der Waals surface area contributed by atoms with E-state index >= 15 is 0 Å². The van der Waals surface area contributed by atoms with Crippen molar-refractivity contribution in [2.24, 2.45) is 0 Å². The molecule has 8 heteroatoms. The number of thioether (sulfide) groups is 1. The van der Waals surface area contributed by atoms with Crippen LogP contribution in [0.1, 0.15) is 38.2 Å². The zero-order chi connectivity index (χ0) is 18.0. The van der Waals surface area contributed by atoms with E-state index in [0.717, 1.165) is 37.8 Å². The summed E-state index contributed by atoms with van der Waals surface area (Å²) in [6.07, 6.45) is -0.489. The minimum atomic E-state index is -4.39. The van der Waals surface area contributed by atoms with Gasteiger partial charge in [0.1, 0.15) is 0 Å². The van der Waals surface area contributed by atoms with Crippen LogP contribution in [0.25, 0.3) is 11.0 Å². The van der Waals surface area contributed by atoms with Gasteiger partial charge in [-0.2, -0.15) is 13.2 Å². The Balaban J connectivity index is 1.84. The Morgan fingerprint density at radius 3 is 2.80 bits per heavy atom. The zero-order valence-electron chi connectivity index (χ0n) is 13.9. The molecule has 1 saturated carbocycles. The van der Waals surface area contributed by atoms with Crippen molar-refractivity contribution in [3.8, 4) is 0 Å². The summed E-state index contributed by atoms with van der Waals surface area (Å²) in [5.74, 6) is 0.163. The van der Waals surface area contributed by atoms with Gasteiger partial charge in [-0.3, -0.25) is 4.79 Å². The number of unbranched alkanes of at least 4 members (excludes halogenated alkanes) is 1. The molecule has 0 atom stereocenters. The number of nitrogens with zero attached hydrogens (tertiary/aromatic N) is 2. The fourth-order valence-corrected chi connectivity index (χ4v) is 3.41. The van der Waals surface area contributed by atoms with Crippen molar-refractivity contribution < 1.29 is 18.0 Å². The van der Waals surface area contributed by atoms with Crippen molar-refractivity contribution in [2.45, 2.75) is 56.5 Å². The predicted molar refractivity (Wildman–Crippen MR) is 91.5 cm³/mol. The number of halogens is 3. The number of aromatic nitrogens is 2. The predicted octanol–water partition coefficient (Wildman–Crippen LogP) is 4.23. The van der Waals surface area contributed by atoms with Crippen LogP contribution in [0.5, 0.6) is 0 Å². The van der Waals surface area contributed by atoms with Crippen LogP contribution in [0.15, 0.2) is 23.4 Å². The lowest BCUT2D eigenvalue weighted by molar-refractivity contribution is -0.137. The van der Waals surface area contributed by atoms with E-state index in [1.165, 1.54) is 17.8 Å². The number of carbonyl (C=O) groups is 1. The van der Waals surface area contributed by atoms with E-state index in [-0.39, 0.29) is 11.7 Å². The molecule has 25 heavy (non-hydrogen) atoms. The fraction of sp³-hybridized carbons (Fsp3) is 0.529. The van der Waals surface area contributed by atoms with Crippen LogP contribution in [-0.2, 0) is 17.5 Å². The third-order valence-corrected chi connectivity index (χ3v) is 5.03. The zero-order valence-corrected chi connectivity index (χ0v) is 14.7. The number of hydrogen-bond donors (Lipinski definition) is 1. The van der Waals surface area contributed by atoms with E-state index < -0.39 is 11.7 Å². The Bertz CT molecular complexity index is 768. The first-order chi connectivity index (χ1) is 11.9. The second-order valence-corrected chi connectivity index (χ2v) is 7.17. The lowest BCUT2D eigenvalue weighted by Crippen LogP contribution is -2.27. The molecule has 2 aromatic rings. The summed E-state index contributed by atoms with van der Waals surface area (Å²) in [6, 6.07) is 3.92. The number of nitrogens with one attached hydrogen (secondary N) is 1. The van der Waals surface area contributed by atoms with Crippen molar-refractivity contribution in [2.75, 3.05) is 5.75 Å². The molecular weight excluding hydrogens is 351 g/mol. The maximum atomic E-state index is 12.9. The molecule has 1 amide bonds. The Morgan fingerprint density at radius 1 is 1.40 bits per heavy atom. The minimum Gasteiger partial charge on any atom is -0.353 e. The first kappa shape index (κ1) is 18.1. The van der Waals surface area contributed by atoms with Crippen LogP contribution in [-0.4, -0.2) is 27.3 Å². The second-order valence-electron chi connectivity index (χ2n) is 6.23. The highest BCUT2D eigenvalue weighted by Gasteiger charge is 2.31. The summed E-state index contributed by atoms with van der Waals surface area (Å²) in [7, 11) is 0. The molecule has 1 N–H and O–H groups in total.